The molecular weight excluding hydrogens is 496 g/mol. The summed E-state index contributed by atoms with van der Waals surface area (Å²) in [5.74, 6) is 3.02. The number of hydrogen-bond acceptors (Lipinski definition) is 0. The summed E-state index contributed by atoms with van der Waals surface area (Å²) in [5, 5.41) is 0. The molecular formula is C39H64N2+2. The van der Waals surface area contributed by atoms with Crippen LogP contribution in [0.15, 0.2) is 48.5 Å². The molecule has 2 aromatic rings. The minimum atomic E-state index is 0.293. The van der Waals surface area contributed by atoms with Gasteiger partial charge in [0, 0.05) is 23.7 Å². The predicted molar refractivity (Wildman–Crippen MR) is 183 cm³/mol. The van der Waals surface area contributed by atoms with E-state index in [1.54, 1.807) is 0 Å². The quantitative estimate of drug-likeness (QED) is 0.179. The zero-order chi connectivity index (χ0) is 30.8. The summed E-state index contributed by atoms with van der Waals surface area (Å²) in [6, 6.07) is 19.4. The summed E-state index contributed by atoms with van der Waals surface area (Å²) in [5.41, 5.74) is 7.26. The second-order valence-corrected chi connectivity index (χ2v) is 17.4. The molecule has 0 N–H and O–H groups in total. The van der Waals surface area contributed by atoms with E-state index in [-0.39, 0.29) is 0 Å². The summed E-state index contributed by atoms with van der Waals surface area (Å²) in [6.07, 6.45) is 3.79. The number of rotatable bonds is 12. The first-order valence-corrected chi connectivity index (χ1v) is 16.6. The Morgan fingerprint density at radius 2 is 0.976 bits per heavy atom. The molecule has 2 aliphatic carbocycles. The lowest BCUT2D eigenvalue weighted by Gasteiger charge is -2.32. The van der Waals surface area contributed by atoms with E-state index in [0.717, 1.165) is 32.6 Å². The molecule has 2 aliphatic rings. The van der Waals surface area contributed by atoms with Crippen LogP contribution in [0.2, 0.25) is 0 Å². The van der Waals surface area contributed by atoms with E-state index in [9.17, 15) is 0 Å². The zero-order valence-electron chi connectivity index (χ0n) is 29.4. The van der Waals surface area contributed by atoms with Crippen LogP contribution in [-0.4, -0.2) is 41.3 Å². The van der Waals surface area contributed by atoms with Gasteiger partial charge in [-0.05, 0) is 76.3 Å². The van der Waals surface area contributed by atoms with E-state index in [1.165, 1.54) is 54.9 Å². The fraction of sp³-hybridized carbons (Fsp3) is 0.692. The predicted octanol–water partition coefficient (Wildman–Crippen LogP) is 9.83. The summed E-state index contributed by atoms with van der Waals surface area (Å²) in [6.45, 7) is 26.7. The van der Waals surface area contributed by atoms with Crippen LogP contribution in [-0.2, 0) is 10.8 Å². The van der Waals surface area contributed by atoms with Crippen molar-refractivity contribution in [1.29, 1.82) is 0 Å². The maximum absolute atomic E-state index is 2.50. The molecule has 0 aliphatic heterocycles. The maximum atomic E-state index is 2.50. The van der Waals surface area contributed by atoms with Crippen molar-refractivity contribution in [3.8, 4) is 0 Å². The fourth-order valence-electron chi connectivity index (χ4n) is 9.45. The second kappa shape index (κ2) is 10.5. The molecule has 0 heterocycles. The zero-order valence-corrected chi connectivity index (χ0v) is 29.4. The Kier molecular flexibility index (Phi) is 8.28. The van der Waals surface area contributed by atoms with Gasteiger partial charge in [0.2, 0.25) is 0 Å². The van der Waals surface area contributed by atoms with Gasteiger partial charge in [0.25, 0.3) is 0 Å². The number of hydrogen-bond donors (Lipinski definition) is 0. The minimum Gasteiger partial charge on any atom is -0.296 e. The third-order valence-electron chi connectivity index (χ3n) is 12.9. The van der Waals surface area contributed by atoms with Gasteiger partial charge in [0.05, 0.1) is 41.3 Å². The van der Waals surface area contributed by atoms with Gasteiger partial charge in [-0.25, -0.2) is 0 Å². The second-order valence-electron chi connectivity index (χ2n) is 17.4. The van der Waals surface area contributed by atoms with Crippen LogP contribution in [0.3, 0.4) is 0 Å². The lowest BCUT2D eigenvalue weighted by atomic mass is 9.88. The molecule has 4 rings (SSSR count). The Labute approximate surface area is 254 Å². The first kappa shape index (κ1) is 32.3. The Balaban J connectivity index is 1.32. The third-order valence-corrected chi connectivity index (χ3v) is 12.9. The summed E-state index contributed by atoms with van der Waals surface area (Å²) >= 11 is 0. The molecule has 2 saturated carbocycles. The van der Waals surface area contributed by atoms with Crippen LogP contribution in [0.4, 0.5) is 11.4 Å². The highest BCUT2D eigenvalue weighted by molar-refractivity contribution is 5.49. The average Bonchev–Trinajstić information content (AvgIpc) is 3.55. The summed E-state index contributed by atoms with van der Waals surface area (Å²) < 4.78 is 1.89. The Morgan fingerprint density at radius 1 is 0.585 bits per heavy atom. The van der Waals surface area contributed by atoms with Crippen molar-refractivity contribution in [3.05, 3.63) is 59.7 Å². The number of nitrogens with zero attached hydrogens (tertiary/aromatic N) is 2. The van der Waals surface area contributed by atoms with Crippen molar-refractivity contribution in [1.82, 2.24) is 8.97 Å². The summed E-state index contributed by atoms with van der Waals surface area (Å²) in [4.78, 5) is 0. The van der Waals surface area contributed by atoms with Crippen molar-refractivity contribution >= 4 is 11.4 Å². The van der Waals surface area contributed by atoms with Gasteiger partial charge < -0.3 is 0 Å². The third kappa shape index (κ3) is 5.35. The van der Waals surface area contributed by atoms with E-state index < -0.39 is 0 Å². The monoisotopic (exact) mass is 561 g/mol. The van der Waals surface area contributed by atoms with Crippen molar-refractivity contribution in [3.63, 3.8) is 0 Å². The number of quaternary nitrogens is 2. The van der Waals surface area contributed by atoms with Crippen LogP contribution in [0.25, 0.3) is 0 Å². The Hall–Kier alpha value is -1.64. The highest BCUT2D eigenvalue weighted by Crippen LogP contribution is 2.72. The van der Waals surface area contributed by atoms with E-state index >= 15 is 0 Å². The van der Waals surface area contributed by atoms with Crippen LogP contribution in [0, 0.1) is 34.5 Å². The standard InChI is InChI=1S/C39H64N2/c1-28(2)27-34-36(5,6)38(34,9)30-17-21-32(22-18-30)40(11,12)25-15-16-26-41(13,14)33-23-19-31(20-24-33)39(10)35(29(3)4)37(39,7)8/h17-24,28-29,34-35H,15-16,25-27H2,1-14H3/q+2. The molecule has 4 atom stereocenters. The van der Waals surface area contributed by atoms with Gasteiger partial charge in [-0.1, -0.05) is 93.5 Å². The van der Waals surface area contributed by atoms with Gasteiger partial charge >= 0.3 is 0 Å². The maximum Gasteiger partial charge on any atom is 0.132 e. The largest absolute Gasteiger partial charge is 0.296 e. The molecule has 2 nitrogen and oxygen atoms in total. The molecule has 0 amide bonds. The molecule has 0 saturated heterocycles. The molecule has 0 aromatic heterocycles. The molecule has 2 heteroatoms. The van der Waals surface area contributed by atoms with Crippen LogP contribution in [0.1, 0.15) is 99.6 Å². The number of benzene rings is 2. The van der Waals surface area contributed by atoms with Crippen LogP contribution < -0.4 is 8.97 Å². The van der Waals surface area contributed by atoms with Crippen molar-refractivity contribution in [2.45, 2.75) is 99.3 Å². The molecule has 228 valence electrons. The number of unbranched alkanes of at least 4 members (excludes halogenated alkanes) is 1. The molecule has 0 radical (unpaired) electrons. The smallest absolute Gasteiger partial charge is 0.132 e. The minimum absolute atomic E-state index is 0.293. The first-order valence-electron chi connectivity index (χ1n) is 16.6. The SMILES string of the molecule is CC(C)CC1C(C)(C)C1(C)c1ccc([N+](C)(C)CCCC[N+](C)(C)c2ccc(C3(C)C(C(C)C)C3(C)C)cc2)cc1. The van der Waals surface area contributed by atoms with E-state index in [2.05, 4.69) is 146 Å². The molecule has 0 spiro atoms. The molecule has 0 bridgehead atoms. The topological polar surface area (TPSA) is 0 Å². The van der Waals surface area contributed by atoms with E-state index in [1.807, 2.05) is 0 Å². The molecule has 41 heavy (non-hydrogen) atoms. The van der Waals surface area contributed by atoms with Gasteiger partial charge in [-0.2, -0.15) is 0 Å². The highest BCUT2D eigenvalue weighted by atomic mass is 15.3. The van der Waals surface area contributed by atoms with E-state index in [0.29, 0.717) is 21.7 Å². The molecule has 2 fully saturated rings. The molecule has 2 aromatic carbocycles. The van der Waals surface area contributed by atoms with E-state index in [4.69, 9.17) is 0 Å². The normalized spacial score (nSPS) is 28.8. The highest BCUT2D eigenvalue weighted by Gasteiger charge is 2.69. The van der Waals surface area contributed by atoms with Crippen molar-refractivity contribution < 1.29 is 0 Å². The Morgan fingerprint density at radius 3 is 1.32 bits per heavy atom. The van der Waals surface area contributed by atoms with Crippen molar-refractivity contribution in [2.75, 3.05) is 41.3 Å². The lowest BCUT2D eigenvalue weighted by Crippen LogP contribution is -2.43. The first-order chi connectivity index (χ1) is 18.7. The molecule has 4 unspecified atom stereocenters. The lowest BCUT2D eigenvalue weighted by molar-refractivity contribution is 0.347. The summed E-state index contributed by atoms with van der Waals surface area (Å²) in [7, 11) is 9.50. The fourth-order valence-corrected chi connectivity index (χ4v) is 9.45. The van der Waals surface area contributed by atoms with Crippen LogP contribution >= 0.6 is 0 Å². The van der Waals surface area contributed by atoms with Gasteiger partial charge in [0.15, 0.2) is 0 Å². The average molecular weight is 561 g/mol. The van der Waals surface area contributed by atoms with Crippen LogP contribution in [0.5, 0.6) is 0 Å². The van der Waals surface area contributed by atoms with Gasteiger partial charge in [0.1, 0.15) is 11.4 Å². The Bertz CT molecular complexity index is 1200. The van der Waals surface area contributed by atoms with Crippen molar-refractivity contribution in [2.24, 2.45) is 34.5 Å². The van der Waals surface area contributed by atoms with Gasteiger partial charge in [-0.3, -0.25) is 8.97 Å². The van der Waals surface area contributed by atoms with Gasteiger partial charge in [-0.15, -0.1) is 0 Å².